The molecule has 6 rings (SSSR count). The van der Waals surface area contributed by atoms with Gasteiger partial charge in [0, 0.05) is 25.2 Å². The first-order valence-electron chi connectivity index (χ1n) is 12.5. The van der Waals surface area contributed by atoms with E-state index in [1.54, 1.807) is 16.4 Å². The van der Waals surface area contributed by atoms with Crippen LogP contribution in [0.4, 0.5) is 5.69 Å². The fourth-order valence-corrected chi connectivity index (χ4v) is 6.47. The summed E-state index contributed by atoms with van der Waals surface area (Å²) in [5.41, 5.74) is 2.68. The first-order valence-corrected chi connectivity index (χ1v) is 13.7. The average Bonchev–Trinajstić information content (AvgIpc) is 3.58. The summed E-state index contributed by atoms with van der Waals surface area (Å²) in [5, 5.41) is 8.61. The molecular weight excluding hydrogens is 474 g/mol. The maximum Gasteiger partial charge on any atom is 0.240 e. The number of amides is 2. The minimum absolute atomic E-state index is 0.0166. The van der Waals surface area contributed by atoms with Crippen molar-refractivity contribution in [3.8, 4) is 5.75 Å². The maximum atomic E-state index is 14.5. The lowest BCUT2D eigenvalue weighted by Crippen LogP contribution is -2.45. The molecule has 36 heavy (non-hydrogen) atoms. The fraction of sp³-hybridized carbons (Fsp3) is 0.407. The number of benzene rings is 2. The molecule has 2 aromatic carbocycles. The van der Waals surface area contributed by atoms with Crippen LogP contribution in [0.1, 0.15) is 42.6 Å². The van der Waals surface area contributed by atoms with Crippen molar-refractivity contribution in [2.75, 3.05) is 29.6 Å². The molecule has 2 amide bonds. The molecule has 2 atom stereocenters. The van der Waals surface area contributed by atoms with E-state index < -0.39 is 11.5 Å². The molecule has 3 aliphatic heterocycles. The number of hydrogen-bond donors (Lipinski definition) is 0. The van der Waals surface area contributed by atoms with Crippen LogP contribution >= 0.6 is 11.8 Å². The number of aryl methyl sites for hydroxylation is 1. The Morgan fingerprint density at radius 3 is 2.97 bits per heavy atom. The van der Waals surface area contributed by atoms with Gasteiger partial charge in [0.1, 0.15) is 16.9 Å². The van der Waals surface area contributed by atoms with Crippen molar-refractivity contribution >= 4 is 29.3 Å². The molecule has 1 saturated heterocycles. The highest BCUT2D eigenvalue weighted by Gasteiger charge is 2.61. The molecule has 0 radical (unpaired) electrons. The molecule has 1 spiro atoms. The molecule has 4 heterocycles. The van der Waals surface area contributed by atoms with Gasteiger partial charge in [-0.3, -0.25) is 14.3 Å². The SMILES string of the molecule is CCSCC(=O)N1CC[C@]23C(=O)N(Cc4cn(nn4)CCCOc4cccc(c4)[C@H]12)c1ccccc13. The summed E-state index contributed by atoms with van der Waals surface area (Å²) in [5.74, 6) is 2.11. The lowest BCUT2D eigenvalue weighted by molar-refractivity contribution is -0.131. The van der Waals surface area contributed by atoms with E-state index in [4.69, 9.17) is 4.74 Å². The van der Waals surface area contributed by atoms with Crippen LogP contribution < -0.4 is 9.64 Å². The number of hydrogen-bond acceptors (Lipinski definition) is 6. The van der Waals surface area contributed by atoms with Gasteiger partial charge in [0.05, 0.1) is 31.1 Å². The van der Waals surface area contributed by atoms with Gasteiger partial charge in [0.2, 0.25) is 11.8 Å². The van der Waals surface area contributed by atoms with E-state index in [0.29, 0.717) is 38.4 Å². The topological polar surface area (TPSA) is 80.6 Å². The zero-order valence-electron chi connectivity index (χ0n) is 20.3. The number of fused-ring (bicyclic) bond motifs is 8. The summed E-state index contributed by atoms with van der Waals surface area (Å²) < 4.78 is 7.90. The van der Waals surface area contributed by atoms with Gasteiger partial charge in [-0.25, -0.2) is 0 Å². The van der Waals surface area contributed by atoms with Crippen molar-refractivity contribution in [2.45, 2.75) is 44.3 Å². The van der Waals surface area contributed by atoms with Crippen LogP contribution in [-0.2, 0) is 28.1 Å². The molecule has 1 aromatic heterocycles. The molecule has 186 valence electrons. The number of nitrogens with zero attached hydrogens (tertiary/aromatic N) is 5. The highest BCUT2D eigenvalue weighted by Crippen LogP contribution is 2.57. The predicted molar refractivity (Wildman–Crippen MR) is 138 cm³/mol. The number of rotatable bonds is 3. The zero-order valence-corrected chi connectivity index (χ0v) is 21.1. The van der Waals surface area contributed by atoms with E-state index in [1.165, 1.54) is 0 Å². The maximum absolute atomic E-state index is 14.5. The summed E-state index contributed by atoms with van der Waals surface area (Å²) in [6, 6.07) is 15.5. The number of carbonyl (C=O) groups excluding carboxylic acids is 2. The van der Waals surface area contributed by atoms with Crippen LogP contribution in [0, 0.1) is 0 Å². The minimum atomic E-state index is -0.863. The molecule has 0 N–H and O–H groups in total. The van der Waals surface area contributed by atoms with Gasteiger partial charge in [0.15, 0.2) is 0 Å². The highest BCUT2D eigenvalue weighted by atomic mass is 32.2. The van der Waals surface area contributed by atoms with Crippen molar-refractivity contribution in [2.24, 2.45) is 0 Å². The molecule has 3 aliphatic rings. The van der Waals surface area contributed by atoms with Crippen molar-refractivity contribution in [3.05, 3.63) is 71.5 Å². The van der Waals surface area contributed by atoms with E-state index >= 15 is 0 Å². The third-order valence-corrected chi connectivity index (χ3v) is 8.32. The molecular formula is C27H29N5O3S. The van der Waals surface area contributed by atoms with Crippen LogP contribution in [0.2, 0.25) is 0 Å². The van der Waals surface area contributed by atoms with Gasteiger partial charge in [-0.05, 0) is 41.5 Å². The summed E-state index contributed by atoms with van der Waals surface area (Å²) in [7, 11) is 0. The second kappa shape index (κ2) is 9.28. The first-order chi connectivity index (χ1) is 17.6. The minimum Gasteiger partial charge on any atom is -0.494 e. The van der Waals surface area contributed by atoms with Gasteiger partial charge in [-0.15, -0.1) is 5.10 Å². The van der Waals surface area contributed by atoms with Crippen LogP contribution in [-0.4, -0.2) is 56.4 Å². The number of aromatic nitrogens is 3. The van der Waals surface area contributed by atoms with Crippen molar-refractivity contribution in [3.63, 3.8) is 0 Å². The number of likely N-dealkylation sites (tertiary alicyclic amines) is 1. The largest absolute Gasteiger partial charge is 0.494 e. The van der Waals surface area contributed by atoms with Gasteiger partial charge in [0.25, 0.3) is 0 Å². The summed E-state index contributed by atoms with van der Waals surface area (Å²) in [6.07, 6.45) is 3.26. The van der Waals surface area contributed by atoms with E-state index in [2.05, 4.69) is 23.3 Å². The van der Waals surface area contributed by atoms with Gasteiger partial charge >= 0.3 is 0 Å². The number of ether oxygens (including phenoxy) is 1. The molecule has 8 nitrogen and oxygen atoms in total. The molecule has 6 bridgehead atoms. The average molecular weight is 504 g/mol. The lowest BCUT2D eigenvalue weighted by atomic mass is 9.72. The van der Waals surface area contributed by atoms with Gasteiger partial charge < -0.3 is 14.5 Å². The Morgan fingerprint density at radius 1 is 1.19 bits per heavy atom. The molecule has 9 heteroatoms. The van der Waals surface area contributed by atoms with Gasteiger partial charge in [-0.2, -0.15) is 11.8 Å². The molecule has 3 aromatic rings. The van der Waals surface area contributed by atoms with Crippen LogP contribution in [0.5, 0.6) is 5.75 Å². The number of anilines is 1. The number of para-hydroxylation sites is 1. The number of carbonyl (C=O) groups is 2. The molecule has 0 aliphatic carbocycles. The Bertz CT molecular complexity index is 1310. The van der Waals surface area contributed by atoms with Crippen LogP contribution in [0.3, 0.4) is 0 Å². The summed E-state index contributed by atoms with van der Waals surface area (Å²) in [4.78, 5) is 31.7. The lowest BCUT2D eigenvalue weighted by Gasteiger charge is -2.35. The van der Waals surface area contributed by atoms with Crippen molar-refractivity contribution in [1.82, 2.24) is 19.9 Å². The van der Waals surface area contributed by atoms with Gasteiger partial charge in [-0.1, -0.05) is 42.5 Å². The first kappa shape index (κ1) is 23.1. The highest BCUT2D eigenvalue weighted by molar-refractivity contribution is 7.99. The Hall–Kier alpha value is -3.33. The quantitative estimate of drug-likeness (QED) is 0.544. The third kappa shape index (κ3) is 3.68. The second-order valence-corrected chi connectivity index (χ2v) is 10.8. The smallest absolute Gasteiger partial charge is 0.240 e. The Morgan fingerprint density at radius 2 is 2.08 bits per heavy atom. The molecule has 0 unspecified atom stereocenters. The normalized spacial score (nSPS) is 22.9. The van der Waals surface area contributed by atoms with E-state index in [9.17, 15) is 9.59 Å². The Kier molecular flexibility index (Phi) is 5.95. The molecule has 1 fully saturated rings. The predicted octanol–water partition coefficient (Wildman–Crippen LogP) is 3.57. The summed E-state index contributed by atoms with van der Waals surface area (Å²) >= 11 is 1.61. The molecule has 0 saturated carbocycles. The van der Waals surface area contributed by atoms with E-state index in [1.807, 2.05) is 58.5 Å². The van der Waals surface area contributed by atoms with Crippen LogP contribution in [0.25, 0.3) is 0 Å². The van der Waals surface area contributed by atoms with Crippen molar-refractivity contribution < 1.29 is 14.3 Å². The monoisotopic (exact) mass is 503 g/mol. The van der Waals surface area contributed by atoms with Crippen LogP contribution in [0.15, 0.2) is 54.7 Å². The van der Waals surface area contributed by atoms with E-state index in [-0.39, 0.29) is 11.8 Å². The van der Waals surface area contributed by atoms with E-state index in [0.717, 1.165) is 40.4 Å². The van der Waals surface area contributed by atoms with Crippen molar-refractivity contribution in [1.29, 1.82) is 0 Å². The summed E-state index contributed by atoms with van der Waals surface area (Å²) in [6.45, 7) is 4.15. The fourth-order valence-electron chi connectivity index (χ4n) is 5.92. The second-order valence-electron chi connectivity index (χ2n) is 9.50. The zero-order chi connectivity index (χ0) is 24.7. The Labute approximate surface area is 214 Å². The Balaban J connectivity index is 1.53. The third-order valence-electron chi connectivity index (χ3n) is 7.46. The number of thioether (sulfide) groups is 1. The standard InChI is InChI=1S/C27H29N5O3S/c1-2-36-18-24(33)31-13-11-27-22-9-3-4-10-23(22)32(26(27)34)17-20-16-30(29-28-20)12-6-14-35-21-8-5-7-19(15-21)25(27)31/h3-5,7-10,15-16,25H,2,6,11-14,17-18H2,1H3/t25-,27+/m0/s1.